The van der Waals surface area contributed by atoms with Gasteiger partial charge < -0.3 is 9.72 Å². The van der Waals surface area contributed by atoms with E-state index in [4.69, 9.17) is 9.72 Å². The Hall–Kier alpha value is -3.25. The van der Waals surface area contributed by atoms with Gasteiger partial charge in [0.1, 0.15) is 21.6 Å². The van der Waals surface area contributed by atoms with Crippen LogP contribution in [0.1, 0.15) is 70.2 Å². The largest absolute Gasteiger partial charge is 0.458 e. The number of ether oxygens (including phenoxy) is 1. The molecule has 0 spiro atoms. The minimum absolute atomic E-state index is 0.0294. The third kappa shape index (κ3) is 4.35. The van der Waals surface area contributed by atoms with Crippen LogP contribution in [0, 0.1) is 6.92 Å². The van der Waals surface area contributed by atoms with E-state index in [0.717, 1.165) is 36.8 Å². The number of carbonyl (C=O) groups excluding carboxylic acids is 1. The van der Waals surface area contributed by atoms with Gasteiger partial charge in [0.15, 0.2) is 0 Å². The van der Waals surface area contributed by atoms with E-state index in [1.54, 1.807) is 6.92 Å². The normalized spacial score (nSPS) is 14.6. The molecule has 2 aromatic heterocycles. The van der Waals surface area contributed by atoms with Crippen LogP contribution < -0.4 is 5.56 Å². The fraction of sp³-hybridized carbons (Fsp3) is 0.296. The molecule has 0 saturated heterocycles. The Morgan fingerprint density at radius 3 is 2.21 bits per heavy atom. The Labute approximate surface area is 196 Å². The number of aryl methyl sites for hydroxylation is 1. The lowest BCUT2D eigenvalue weighted by Gasteiger charge is -2.21. The third-order valence-corrected chi connectivity index (χ3v) is 7.54. The van der Waals surface area contributed by atoms with E-state index in [2.05, 4.69) is 4.98 Å². The molecule has 6 heteroatoms. The zero-order chi connectivity index (χ0) is 22.8. The zero-order valence-electron chi connectivity index (χ0n) is 18.5. The summed E-state index contributed by atoms with van der Waals surface area (Å²) in [7, 11) is 0. The minimum atomic E-state index is -0.342. The topological polar surface area (TPSA) is 72.0 Å². The first-order valence-electron chi connectivity index (χ1n) is 11.5. The van der Waals surface area contributed by atoms with Crippen LogP contribution in [0.5, 0.6) is 0 Å². The number of H-pyrrole nitrogens is 1. The Morgan fingerprint density at radius 2 is 1.61 bits per heavy atom. The van der Waals surface area contributed by atoms with Crippen LogP contribution in [0.25, 0.3) is 10.2 Å². The van der Waals surface area contributed by atoms with Crippen molar-refractivity contribution in [2.45, 2.75) is 51.0 Å². The Kier molecular flexibility index (Phi) is 6.09. The predicted molar refractivity (Wildman–Crippen MR) is 131 cm³/mol. The van der Waals surface area contributed by atoms with Crippen LogP contribution in [-0.2, 0) is 4.74 Å². The van der Waals surface area contributed by atoms with Crippen LogP contribution in [0.4, 0.5) is 0 Å². The van der Waals surface area contributed by atoms with E-state index in [1.807, 2.05) is 60.7 Å². The van der Waals surface area contributed by atoms with Gasteiger partial charge in [-0.25, -0.2) is 9.78 Å². The van der Waals surface area contributed by atoms with Crippen molar-refractivity contribution in [1.82, 2.24) is 9.97 Å². The maximum absolute atomic E-state index is 13.2. The van der Waals surface area contributed by atoms with E-state index in [0.29, 0.717) is 26.5 Å². The van der Waals surface area contributed by atoms with Gasteiger partial charge in [0.25, 0.3) is 5.56 Å². The van der Waals surface area contributed by atoms with E-state index in [9.17, 15) is 9.59 Å². The van der Waals surface area contributed by atoms with E-state index in [1.165, 1.54) is 17.8 Å². The first-order chi connectivity index (χ1) is 16.1. The van der Waals surface area contributed by atoms with Crippen molar-refractivity contribution in [3.05, 3.63) is 98.4 Å². The molecule has 1 saturated carbocycles. The highest BCUT2D eigenvalue weighted by molar-refractivity contribution is 7.20. The smallest absolute Gasteiger partial charge is 0.348 e. The monoisotopic (exact) mass is 458 g/mol. The molecule has 0 amide bonds. The number of nitrogens with zero attached hydrogens (tertiary/aromatic N) is 1. The third-order valence-electron chi connectivity index (χ3n) is 6.37. The van der Waals surface area contributed by atoms with Crippen molar-refractivity contribution in [1.29, 1.82) is 0 Å². The summed E-state index contributed by atoms with van der Waals surface area (Å²) in [6, 6.07) is 20.0. The SMILES string of the molecule is Cc1c(C(=O)OC2CCCCC2)sc2nc(C(c3ccccc3)c3ccccc3)[nH]c(=O)c12. The molecule has 1 N–H and O–H groups in total. The molecule has 1 fully saturated rings. The number of aromatic amines is 1. The van der Waals surface area contributed by atoms with Crippen LogP contribution >= 0.6 is 11.3 Å². The summed E-state index contributed by atoms with van der Waals surface area (Å²) in [5.41, 5.74) is 2.50. The molecule has 0 bridgehead atoms. The number of carbonyl (C=O) groups is 1. The zero-order valence-corrected chi connectivity index (χ0v) is 19.4. The molecule has 168 valence electrons. The Morgan fingerprint density at radius 1 is 1.00 bits per heavy atom. The number of fused-ring (bicyclic) bond motifs is 1. The number of nitrogens with one attached hydrogen (secondary N) is 1. The molecule has 1 aliphatic rings. The number of esters is 1. The molecular weight excluding hydrogens is 432 g/mol. The van der Waals surface area contributed by atoms with Gasteiger partial charge in [-0.3, -0.25) is 4.79 Å². The summed E-state index contributed by atoms with van der Waals surface area (Å²) in [6.07, 6.45) is 5.17. The van der Waals surface area contributed by atoms with Crippen molar-refractivity contribution in [3.63, 3.8) is 0 Å². The first-order valence-corrected chi connectivity index (χ1v) is 12.3. The number of aromatic nitrogens is 2. The second kappa shape index (κ2) is 9.32. The highest BCUT2D eigenvalue weighted by atomic mass is 32.1. The minimum Gasteiger partial charge on any atom is -0.458 e. The number of hydrogen-bond acceptors (Lipinski definition) is 5. The van der Waals surface area contributed by atoms with E-state index in [-0.39, 0.29) is 23.6 Å². The van der Waals surface area contributed by atoms with Crippen molar-refractivity contribution in [2.24, 2.45) is 0 Å². The van der Waals surface area contributed by atoms with Gasteiger partial charge in [-0.05, 0) is 49.3 Å². The molecule has 2 heterocycles. The standard InChI is InChI=1S/C27H26N2O3S/c1-17-21-25(30)28-24(22(18-11-5-2-6-12-18)19-13-7-3-8-14-19)29-26(21)33-23(17)27(31)32-20-15-9-4-10-16-20/h2-3,5-8,11-14,20,22H,4,9-10,15-16H2,1H3,(H,28,29,30). The lowest BCUT2D eigenvalue weighted by molar-refractivity contribution is 0.0216. The van der Waals surface area contributed by atoms with Crippen LogP contribution in [-0.4, -0.2) is 22.0 Å². The van der Waals surface area contributed by atoms with E-state index >= 15 is 0 Å². The lowest BCUT2D eigenvalue weighted by atomic mass is 9.90. The Balaban J connectivity index is 1.57. The van der Waals surface area contributed by atoms with Gasteiger partial charge >= 0.3 is 5.97 Å². The van der Waals surface area contributed by atoms with Gasteiger partial charge in [-0.2, -0.15) is 0 Å². The molecule has 5 nitrogen and oxygen atoms in total. The van der Waals surface area contributed by atoms with Crippen LogP contribution in [0.15, 0.2) is 65.5 Å². The van der Waals surface area contributed by atoms with Crippen LogP contribution in [0.3, 0.4) is 0 Å². The Bertz CT molecular complexity index is 1280. The maximum atomic E-state index is 13.2. The molecule has 2 aromatic carbocycles. The second-order valence-electron chi connectivity index (χ2n) is 8.61. The average molecular weight is 459 g/mol. The lowest BCUT2D eigenvalue weighted by Crippen LogP contribution is -2.20. The van der Waals surface area contributed by atoms with Crippen LogP contribution in [0.2, 0.25) is 0 Å². The summed E-state index contributed by atoms with van der Waals surface area (Å²) in [5.74, 6) is 0.00825. The summed E-state index contributed by atoms with van der Waals surface area (Å²) in [6.45, 7) is 1.80. The molecule has 4 aromatic rings. The maximum Gasteiger partial charge on any atom is 0.348 e. The van der Waals surface area contributed by atoms with Gasteiger partial charge in [-0.1, -0.05) is 67.1 Å². The highest BCUT2D eigenvalue weighted by Gasteiger charge is 2.26. The first kappa shape index (κ1) is 21.6. The van der Waals surface area contributed by atoms with Gasteiger partial charge in [0.2, 0.25) is 0 Å². The molecule has 0 unspecified atom stereocenters. The van der Waals surface area contributed by atoms with Crippen molar-refractivity contribution in [3.8, 4) is 0 Å². The quantitative estimate of drug-likeness (QED) is 0.374. The van der Waals surface area contributed by atoms with Gasteiger partial charge in [-0.15, -0.1) is 11.3 Å². The average Bonchev–Trinajstić information content (AvgIpc) is 3.18. The highest BCUT2D eigenvalue weighted by Crippen LogP contribution is 2.33. The summed E-state index contributed by atoms with van der Waals surface area (Å²) >= 11 is 1.25. The summed E-state index contributed by atoms with van der Waals surface area (Å²) in [5, 5.41) is 0.471. The van der Waals surface area contributed by atoms with Gasteiger partial charge in [0.05, 0.1) is 11.3 Å². The molecular formula is C27H26N2O3S. The van der Waals surface area contributed by atoms with E-state index < -0.39 is 0 Å². The second-order valence-corrected chi connectivity index (χ2v) is 9.61. The molecule has 0 radical (unpaired) electrons. The molecule has 0 atom stereocenters. The summed E-state index contributed by atoms with van der Waals surface area (Å²) < 4.78 is 5.78. The molecule has 5 rings (SSSR count). The molecule has 1 aliphatic carbocycles. The number of hydrogen-bond donors (Lipinski definition) is 1. The fourth-order valence-corrected chi connectivity index (χ4v) is 5.75. The number of benzene rings is 2. The fourth-order valence-electron chi connectivity index (χ4n) is 4.68. The molecule has 0 aliphatic heterocycles. The summed E-state index contributed by atoms with van der Waals surface area (Å²) in [4.78, 5) is 35.0. The predicted octanol–water partition coefficient (Wildman–Crippen LogP) is 5.96. The van der Waals surface area contributed by atoms with Crippen molar-refractivity contribution >= 4 is 27.5 Å². The van der Waals surface area contributed by atoms with Crippen molar-refractivity contribution in [2.75, 3.05) is 0 Å². The number of thiophene rings is 1. The number of rotatable bonds is 5. The van der Waals surface area contributed by atoms with Gasteiger partial charge in [0, 0.05) is 0 Å². The van der Waals surface area contributed by atoms with Crippen molar-refractivity contribution < 1.29 is 9.53 Å². The molecule has 33 heavy (non-hydrogen) atoms.